The van der Waals surface area contributed by atoms with Gasteiger partial charge in [-0.05, 0) is 24.1 Å². The van der Waals surface area contributed by atoms with E-state index in [4.69, 9.17) is 17.3 Å². The Bertz CT molecular complexity index is 567. The molecule has 2 nitrogen and oxygen atoms in total. The van der Waals surface area contributed by atoms with E-state index in [-0.39, 0.29) is 5.41 Å². The molecule has 0 atom stereocenters. The van der Waals surface area contributed by atoms with Crippen molar-refractivity contribution >= 4 is 22.5 Å². The molecule has 92 valence electrons. The number of benzene rings is 1. The third-order valence-corrected chi connectivity index (χ3v) is 3.98. The lowest BCUT2D eigenvalue weighted by atomic mass is 9.84. The molecule has 0 aliphatic heterocycles. The Hall–Kier alpha value is -0.990. The number of aryl methyl sites for hydroxylation is 2. The first-order valence-electron chi connectivity index (χ1n) is 5.83. The van der Waals surface area contributed by atoms with Gasteiger partial charge in [-0.25, -0.2) is 0 Å². The van der Waals surface area contributed by atoms with Crippen molar-refractivity contribution in [2.45, 2.75) is 26.2 Å². The molecule has 1 heterocycles. The van der Waals surface area contributed by atoms with Crippen LogP contribution in [0.3, 0.4) is 0 Å². The van der Waals surface area contributed by atoms with Crippen LogP contribution in [0.4, 0.5) is 0 Å². The summed E-state index contributed by atoms with van der Waals surface area (Å²) in [6.07, 6.45) is 2.17. The third-order valence-electron chi connectivity index (χ3n) is 3.57. The summed E-state index contributed by atoms with van der Waals surface area (Å²) in [6, 6.07) is 4.06. The number of aromatic nitrogens is 1. The van der Waals surface area contributed by atoms with Crippen molar-refractivity contribution in [3.05, 3.63) is 34.5 Å². The van der Waals surface area contributed by atoms with E-state index in [0.29, 0.717) is 6.54 Å². The molecule has 0 aliphatic carbocycles. The van der Waals surface area contributed by atoms with Gasteiger partial charge in [-0.2, -0.15) is 0 Å². The summed E-state index contributed by atoms with van der Waals surface area (Å²) in [5.41, 5.74) is 9.48. The van der Waals surface area contributed by atoms with Crippen molar-refractivity contribution in [2.75, 3.05) is 6.54 Å². The van der Waals surface area contributed by atoms with Crippen molar-refractivity contribution in [1.82, 2.24) is 4.57 Å². The molecule has 0 saturated heterocycles. The quantitative estimate of drug-likeness (QED) is 0.871. The topological polar surface area (TPSA) is 30.9 Å². The molecule has 2 aromatic rings. The predicted octanol–water partition coefficient (Wildman–Crippen LogP) is 3.38. The summed E-state index contributed by atoms with van der Waals surface area (Å²) in [5.74, 6) is 0. The fourth-order valence-corrected chi connectivity index (χ4v) is 2.48. The highest BCUT2D eigenvalue weighted by Gasteiger charge is 2.24. The summed E-state index contributed by atoms with van der Waals surface area (Å²) in [7, 11) is 2.06. The number of nitrogens with two attached hydrogens (primary N) is 1. The van der Waals surface area contributed by atoms with Crippen LogP contribution in [0.1, 0.15) is 25.0 Å². The minimum atomic E-state index is -0.0141. The van der Waals surface area contributed by atoms with Crippen LogP contribution in [-0.2, 0) is 12.5 Å². The lowest BCUT2D eigenvalue weighted by Crippen LogP contribution is -2.27. The first kappa shape index (κ1) is 12.5. The van der Waals surface area contributed by atoms with E-state index < -0.39 is 0 Å². The smallest absolute Gasteiger partial charge is 0.0525 e. The predicted molar refractivity (Wildman–Crippen MR) is 74.7 cm³/mol. The summed E-state index contributed by atoms with van der Waals surface area (Å²) < 4.78 is 2.14. The van der Waals surface area contributed by atoms with E-state index in [0.717, 1.165) is 10.6 Å². The molecule has 17 heavy (non-hydrogen) atoms. The second-order valence-electron chi connectivity index (χ2n) is 5.31. The lowest BCUT2D eigenvalue weighted by Gasteiger charge is -2.21. The van der Waals surface area contributed by atoms with Gasteiger partial charge in [0.05, 0.1) is 5.52 Å². The SMILES string of the molecule is Cc1c(Cl)ccc2c(C(C)(C)CN)cn(C)c12. The molecular weight excluding hydrogens is 232 g/mol. The highest BCUT2D eigenvalue weighted by atomic mass is 35.5. The average Bonchev–Trinajstić information content (AvgIpc) is 2.62. The van der Waals surface area contributed by atoms with Crippen LogP contribution in [-0.4, -0.2) is 11.1 Å². The Morgan fingerprint density at radius 1 is 1.35 bits per heavy atom. The van der Waals surface area contributed by atoms with Crippen LogP contribution in [0.2, 0.25) is 5.02 Å². The van der Waals surface area contributed by atoms with Gasteiger partial charge in [-0.3, -0.25) is 0 Å². The van der Waals surface area contributed by atoms with E-state index in [1.807, 2.05) is 6.07 Å². The monoisotopic (exact) mass is 250 g/mol. The fourth-order valence-electron chi connectivity index (χ4n) is 2.32. The average molecular weight is 251 g/mol. The van der Waals surface area contributed by atoms with Crippen molar-refractivity contribution < 1.29 is 0 Å². The van der Waals surface area contributed by atoms with Crippen molar-refractivity contribution in [1.29, 1.82) is 0 Å². The van der Waals surface area contributed by atoms with Crippen LogP contribution >= 0.6 is 11.6 Å². The number of halogens is 1. The fraction of sp³-hybridized carbons (Fsp3) is 0.429. The van der Waals surface area contributed by atoms with E-state index in [2.05, 4.69) is 44.6 Å². The largest absolute Gasteiger partial charge is 0.350 e. The van der Waals surface area contributed by atoms with Crippen LogP contribution < -0.4 is 5.73 Å². The minimum absolute atomic E-state index is 0.0141. The number of hydrogen-bond acceptors (Lipinski definition) is 1. The Balaban J connectivity index is 2.82. The first-order valence-corrected chi connectivity index (χ1v) is 6.21. The third kappa shape index (κ3) is 1.85. The van der Waals surface area contributed by atoms with E-state index in [1.54, 1.807) is 0 Å². The molecule has 0 aliphatic rings. The molecule has 0 spiro atoms. The Kier molecular flexibility index (Phi) is 2.96. The zero-order chi connectivity index (χ0) is 12.8. The maximum Gasteiger partial charge on any atom is 0.0525 e. The molecule has 0 bridgehead atoms. The van der Waals surface area contributed by atoms with Crippen LogP contribution in [0.25, 0.3) is 10.9 Å². The molecule has 2 N–H and O–H groups in total. The highest BCUT2D eigenvalue weighted by molar-refractivity contribution is 6.32. The van der Waals surface area contributed by atoms with Gasteiger partial charge in [-0.1, -0.05) is 31.5 Å². The van der Waals surface area contributed by atoms with Gasteiger partial charge in [-0.15, -0.1) is 0 Å². The summed E-state index contributed by atoms with van der Waals surface area (Å²) >= 11 is 6.18. The maximum absolute atomic E-state index is 6.18. The number of rotatable bonds is 2. The van der Waals surface area contributed by atoms with Gasteiger partial charge in [0.15, 0.2) is 0 Å². The van der Waals surface area contributed by atoms with Crippen molar-refractivity contribution in [2.24, 2.45) is 12.8 Å². The number of nitrogens with zero attached hydrogens (tertiary/aromatic N) is 1. The van der Waals surface area contributed by atoms with Crippen LogP contribution in [0.5, 0.6) is 0 Å². The Morgan fingerprint density at radius 2 is 2.00 bits per heavy atom. The molecule has 0 unspecified atom stereocenters. The minimum Gasteiger partial charge on any atom is -0.350 e. The van der Waals surface area contributed by atoms with E-state index in [9.17, 15) is 0 Å². The second-order valence-corrected chi connectivity index (χ2v) is 5.72. The highest BCUT2D eigenvalue weighted by Crippen LogP contribution is 2.34. The maximum atomic E-state index is 6.18. The summed E-state index contributed by atoms with van der Waals surface area (Å²) in [6.45, 7) is 7.04. The zero-order valence-electron chi connectivity index (χ0n) is 10.8. The van der Waals surface area contributed by atoms with Crippen LogP contribution in [0, 0.1) is 6.92 Å². The number of fused-ring (bicyclic) bond motifs is 1. The van der Waals surface area contributed by atoms with Gasteiger partial charge in [0, 0.05) is 35.6 Å². The summed E-state index contributed by atoms with van der Waals surface area (Å²) in [4.78, 5) is 0. The van der Waals surface area contributed by atoms with Gasteiger partial charge < -0.3 is 10.3 Å². The molecular formula is C14H19ClN2. The first-order chi connectivity index (χ1) is 7.88. The molecule has 2 rings (SSSR count). The lowest BCUT2D eigenvalue weighted by molar-refractivity contribution is 0.542. The Labute approximate surface area is 107 Å². The van der Waals surface area contributed by atoms with Gasteiger partial charge in [0.1, 0.15) is 0 Å². The van der Waals surface area contributed by atoms with Gasteiger partial charge >= 0.3 is 0 Å². The van der Waals surface area contributed by atoms with Gasteiger partial charge in [0.25, 0.3) is 0 Å². The standard InChI is InChI=1S/C14H19ClN2/c1-9-12(15)6-5-10-11(14(2,3)8-16)7-17(4)13(9)10/h5-7H,8,16H2,1-4H3. The molecule has 0 amide bonds. The molecule has 3 heteroatoms. The van der Waals surface area contributed by atoms with E-state index in [1.165, 1.54) is 16.5 Å². The normalized spacial score (nSPS) is 12.4. The molecule has 0 fully saturated rings. The zero-order valence-corrected chi connectivity index (χ0v) is 11.6. The number of hydrogen-bond donors (Lipinski definition) is 1. The van der Waals surface area contributed by atoms with Gasteiger partial charge in [0.2, 0.25) is 0 Å². The Morgan fingerprint density at radius 3 is 2.59 bits per heavy atom. The molecule has 0 saturated carbocycles. The summed E-state index contributed by atoms with van der Waals surface area (Å²) in [5, 5.41) is 2.07. The molecule has 1 aromatic carbocycles. The molecule has 1 aromatic heterocycles. The van der Waals surface area contributed by atoms with E-state index >= 15 is 0 Å². The van der Waals surface area contributed by atoms with Crippen molar-refractivity contribution in [3.8, 4) is 0 Å². The molecule has 0 radical (unpaired) electrons. The second kappa shape index (κ2) is 4.04. The van der Waals surface area contributed by atoms with Crippen LogP contribution in [0.15, 0.2) is 18.3 Å². The van der Waals surface area contributed by atoms with Crippen molar-refractivity contribution in [3.63, 3.8) is 0 Å².